The number of fused-ring (bicyclic) bond motifs is 1. The van der Waals surface area contributed by atoms with Gasteiger partial charge in [-0.2, -0.15) is 5.10 Å². The molecule has 0 fully saturated rings. The van der Waals surface area contributed by atoms with Crippen LogP contribution >= 0.6 is 0 Å². The smallest absolute Gasteiger partial charge is 0.294 e. The number of hydrogen-bond donors (Lipinski definition) is 1. The number of ether oxygens (including phenoxy) is 1. The van der Waals surface area contributed by atoms with Crippen LogP contribution in [0.3, 0.4) is 0 Å². The van der Waals surface area contributed by atoms with Crippen LogP contribution in [0.15, 0.2) is 48.5 Å². The van der Waals surface area contributed by atoms with E-state index in [-0.39, 0.29) is 10.6 Å². The van der Waals surface area contributed by atoms with Crippen LogP contribution in [-0.4, -0.2) is 28.4 Å². The van der Waals surface area contributed by atoms with E-state index in [0.29, 0.717) is 5.69 Å². The fraction of sp³-hybridized carbons (Fsp3) is 0.167. The van der Waals surface area contributed by atoms with E-state index in [1.54, 1.807) is 30.0 Å². The summed E-state index contributed by atoms with van der Waals surface area (Å²) in [5.41, 5.74) is 3.35. The zero-order valence-corrected chi connectivity index (χ0v) is 13.6. The summed E-state index contributed by atoms with van der Waals surface area (Å²) in [5, 5.41) is 19.4. The molecule has 1 aromatic heterocycles. The average molecular weight is 336 g/mol. The van der Waals surface area contributed by atoms with Crippen LogP contribution in [0.4, 0.5) is 11.5 Å². The summed E-state index contributed by atoms with van der Waals surface area (Å²) in [6.45, 7) is 0.789. The van der Waals surface area contributed by atoms with Gasteiger partial charge in [-0.3, -0.25) is 10.1 Å². The van der Waals surface area contributed by atoms with Gasteiger partial charge in [0.05, 0.1) is 17.7 Å². The number of anilines is 1. The summed E-state index contributed by atoms with van der Waals surface area (Å²) in [4.78, 5) is 11.0. The van der Waals surface area contributed by atoms with E-state index >= 15 is 0 Å². The molecule has 0 aliphatic carbocycles. The van der Waals surface area contributed by atoms with E-state index in [2.05, 4.69) is 10.4 Å². The van der Waals surface area contributed by atoms with Gasteiger partial charge in [0.2, 0.25) is 0 Å². The second-order valence-corrected chi connectivity index (χ2v) is 5.74. The van der Waals surface area contributed by atoms with Crippen molar-refractivity contribution in [2.75, 3.05) is 19.0 Å². The summed E-state index contributed by atoms with van der Waals surface area (Å²) < 4.78 is 6.84. The third-order valence-corrected chi connectivity index (χ3v) is 4.32. The fourth-order valence-electron chi connectivity index (χ4n) is 3.13. The maximum absolute atomic E-state index is 11.4. The van der Waals surface area contributed by atoms with Crippen molar-refractivity contribution in [2.24, 2.45) is 0 Å². The molecule has 0 saturated heterocycles. The zero-order chi connectivity index (χ0) is 17.4. The number of para-hydroxylation sites is 2. The van der Waals surface area contributed by atoms with E-state index in [1.165, 1.54) is 6.07 Å². The Hall–Kier alpha value is -3.35. The number of nitro benzene ring substituents is 1. The van der Waals surface area contributed by atoms with Crippen LogP contribution < -0.4 is 10.1 Å². The Labute approximate surface area is 144 Å². The quantitative estimate of drug-likeness (QED) is 0.583. The van der Waals surface area contributed by atoms with E-state index in [4.69, 9.17) is 4.74 Å². The van der Waals surface area contributed by atoms with Gasteiger partial charge in [-0.05, 0) is 36.8 Å². The molecule has 1 aliphatic rings. The van der Waals surface area contributed by atoms with Gasteiger partial charge in [-0.25, -0.2) is 4.68 Å². The number of hydrogen-bond acceptors (Lipinski definition) is 5. The van der Waals surface area contributed by atoms with Gasteiger partial charge < -0.3 is 10.1 Å². The van der Waals surface area contributed by atoms with Crippen molar-refractivity contribution in [1.82, 2.24) is 9.78 Å². The van der Waals surface area contributed by atoms with Crippen LogP contribution in [0.2, 0.25) is 0 Å². The minimum atomic E-state index is -0.384. The zero-order valence-electron chi connectivity index (χ0n) is 13.6. The normalized spacial score (nSPS) is 12.5. The minimum absolute atomic E-state index is 0.0304. The first-order valence-electron chi connectivity index (χ1n) is 7.93. The van der Waals surface area contributed by atoms with E-state index < -0.39 is 0 Å². The van der Waals surface area contributed by atoms with Gasteiger partial charge in [0, 0.05) is 23.7 Å². The molecule has 0 unspecified atom stereocenters. The lowest BCUT2D eigenvalue weighted by molar-refractivity contribution is -0.384. The molecule has 126 valence electrons. The highest BCUT2D eigenvalue weighted by Gasteiger charge is 2.27. The van der Waals surface area contributed by atoms with Gasteiger partial charge in [0.1, 0.15) is 17.3 Å². The summed E-state index contributed by atoms with van der Waals surface area (Å²) >= 11 is 0. The third kappa shape index (κ3) is 2.50. The van der Waals surface area contributed by atoms with Gasteiger partial charge in [0.15, 0.2) is 0 Å². The summed E-state index contributed by atoms with van der Waals surface area (Å²) in [6, 6.07) is 14.3. The Morgan fingerprint density at radius 2 is 1.96 bits per heavy atom. The summed E-state index contributed by atoms with van der Waals surface area (Å²) in [6.07, 6.45) is 0.831. The predicted molar refractivity (Wildman–Crippen MR) is 94.4 cm³/mol. The van der Waals surface area contributed by atoms with Crippen LogP contribution in [0.1, 0.15) is 5.56 Å². The van der Waals surface area contributed by atoms with Crippen LogP contribution in [0.5, 0.6) is 5.75 Å². The minimum Gasteiger partial charge on any atom is -0.497 e. The number of methoxy groups -OCH3 is 1. The number of aromatic nitrogens is 2. The highest BCUT2D eigenvalue weighted by Crippen LogP contribution is 2.36. The van der Waals surface area contributed by atoms with E-state index in [1.807, 2.05) is 24.3 Å². The first-order chi connectivity index (χ1) is 12.2. The standard InChI is InChI=1S/C18H16N4O3/c1-25-13-8-6-12(7-9-13)17-14-10-11-19-18(14)21(20-17)15-4-2-3-5-16(15)22(23)24/h2-9,19H,10-11H2,1H3. The van der Waals surface area contributed by atoms with Crippen molar-refractivity contribution in [3.63, 3.8) is 0 Å². The summed E-state index contributed by atoms with van der Waals surface area (Å²) in [7, 11) is 1.62. The number of rotatable bonds is 4. The molecule has 25 heavy (non-hydrogen) atoms. The monoisotopic (exact) mass is 336 g/mol. The fourth-order valence-corrected chi connectivity index (χ4v) is 3.13. The second-order valence-electron chi connectivity index (χ2n) is 5.74. The predicted octanol–water partition coefficient (Wildman–Crippen LogP) is 3.42. The Morgan fingerprint density at radius 1 is 1.20 bits per heavy atom. The SMILES string of the molecule is COc1ccc(-c2nn(-c3ccccc3[N+](=O)[O-])c3c2CCN3)cc1. The summed E-state index contributed by atoms with van der Waals surface area (Å²) in [5.74, 6) is 1.59. The van der Waals surface area contributed by atoms with Gasteiger partial charge in [0.25, 0.3) is 5.69 Å². The Kier molecular flexibility index (Phi) is 3.61. The molecule has 2 heterocycles. The molecule has 0 spiro atoms. The van der Waals surface area contributed by atoms with Crippen molar-refractivity contribution >= 4 is 11.5 Å². The van der Waals surface area contributed by atoms with Crippen molar-refractivity contribution in [3.05, 3.63) is 64.2 Å². The lowest BCUT2D eigenvalue weighted by Gasteiger charge is -2.07. The molecule has 1 aliphatic heterocycles. The van der Waals surface area contributed by atoms with E-state index in [9.17, 15) is 10.1 Å². The molecule has 1 N–H and O–H groups in total. The molecular formula is C18H16N4O3. The highest BCUT2D eigenvalue weighted by atomic mass is 16.6. The van der Waals surface area contributed by atoms with Crippen molar-refractivity contribution < 1.29 is 9.66 Å². The maximum atomic E-state index is 11.4. The molecule has 0 atom stereocenters. The van der Waals surface area contributed by atoms with E-state index in [0.717, 1.165) is 41.4 Å². The Balaban J connectivity index is 1.88. The van der Waals surface area contributed by atoms with Crippen molar-refractivity contribution in [3.8, 4) is 22.7 Å². The molecule has 7 heteroatoms. The lowest BCUT2D eigenvalue weighted by Crippen LogP contribution is -2.06. The van der Waals surface area contributed by atoms with Crippen molar-refractivity contribution in [1.29, 1.82) is 0 Å². The van der Waals surface area contributed by atoms with Gasteiger partial charge >= 0.3 is 0 Å². The molecule has 0 saturated carbocycles. The first-order valence-corrected chi connectivity index (χ1v) is 7.93. The second kappa shape index (κ2) is 5.94. The van der Waals surface area contributed by atoms with Crippen LogP contribution in [0.25, 0.3) is 16.9 Å². The largest absolute Gasteiger partial charge is 0.497 e. The highest BCUT2D eigenvalue weighted by molar-refractivity contribution is 5.74. The Morgan fingerprint density at radius 3 is 2.68 bits per heavy atom. The molecule has 2 aromatic carbocycles. The molecule has 0 radical (unpaired) electrons. The third-order valence-electron chi connectivity index (χ3n) is 4.32. The van der Waals surface area contributed by atoms with Crippen molar-refractivity contribution in [2.45, 2.75) is 6.42 Å². The number of nitrogens with zero attached hydrogens (tertiary/aromatic N) is 3. The Bertz CT molecular complexity index is 947. The van der Waals surface area contributed by atoms with Gasteiger partial charge in [-0.1, -0.05) is 12.1 Å². The maximum Gasteiger partial charge on any atom is 0.294 e. The first kappa shape index (κ1) is 15.2. The number of nitrogens with one attached hydrogen (secondary N) is 1. The average Bonchev–Trinajstić information content (AvgIpc) is 3.24. The molecule has 0 bridgehead atoms. The number of nitro groups is 1. The van der Waals surface area contributed by atoms with Gasteiger partial charge in [-0.15, -0.1) is 0 Å². The molecule has 3 aromatic rings. The molecule has 4 rings (SSSR count). The van der Waals surface area contributed by atoms with Crippen LogP contribution in [0, 0.1) is 10.1 Å². The number of benzene rings is 2. The van der Waals surface area contributed by atoms with Crippen LogP contribution in [-0.2, 0) is 6.42 Å². The molecule has 7 nitrogen and oxygen atoms in total. The lowest BCUT2D eigenvalue weighted by atomic mass is 10.1. The molecule has 0 amide bonds. The molecular weight excluding hydrogens is 320 g/mol. The topological polar surface area (TPSA) is 82.2 Å².